The average molecular weight is 298 g/mol. The molecule has 0 bridgehead atoms. The number of phenols is 1. The molecule has 0 radical (unpaired) electrons. The number of sulfonamides is 1. The Labute approximate surface area is 118 Å². The number of nitrogens with one attached hydrogen (secondary N) is 2. The second kappa shape index (κ2) is 6.13. The van der Waals surface area contributed by atoms with Crippen LogP contribution in [0, 0.1) is 0 Å². The second-order valence-electron chi connectivity index (χ2n) is 4.91. The Hall–Kier alpha value is -1.76. The van der Waals surface area contributed by atoms with Crippen LogP contribution in [0.3, 0.4) is 0 Å². The molecule has 0 unspecified atom stereocenters. The lowest BCUT2D eigenvalue weighted by Crippen LogP contribution is -2.45. The number of urea groups is 1. The van der Waals surface area contributed by atoms with Gasteiger partial charge < -0.3 is 10.4 Å². The quantitative estimate of drug-likeness (QED) is 0.791. The fraction of sp³-hybridized carbons (Fsp3) is 0.462. The van der Waals surface area contributed by atoms with Gasteiger partial charge in [-0.05, 0) is 37.1 Å². The van der Waals surface area contributed by atoms with E-state index in [0.29, 0.717) is 0 Å². The summed E-state index contributed by atoms with van der Waals surface area (Å²) in [6.07, 6.45) is 5.02. The molecule has 0 heterocycles. The molecule has 2 amide bonds. The van der Waals surface area contributed by atoms with Crippen LogP contribution in [0.2, 0.25) is 0 Å². The summed E-state index contributed by atoms with van der Waals surface area (Å²) < 4.78 is 25.9. The Morgan fingerprint density at radius 2 is 1.70 bits per heavy atom. The van der Waals surface area contributed by atoms with E-state index in [1.54, 1.807) is 0 Å². The van der Waals surface area contributed by atoms with Crippen molar-refractivity contribution < 1.29 is 18.3 Å². The van der Waals surface area contributed by atoms with Crippen molar-refractivity contribution in [3.63, 3.8) is 0 Å². The zero-order valence-electron chi connectivity index (χ0n) is 11.0. The van der Waals surface area contributed by atoms with Gasteiger partial charge >= 0.3 is 6.03 Å². The zero-order chi connectivity index (χ0) is 14.6. The van der Waals surface area contributed by atoms with Crippen molar-refractivity contribution in [2.45, 2.75) is 43.0 Å². The van der Waals surface area contributed by atoms with Crippen molar-refractivity contribution in [1.29, 1.82) is 0 Å². The van der Waals surface area contributed by atoms with Crippen molar-refractivity contribution in [3.8, 4) is 5.75 Å². The van der Waals surface area contributed by atoms with Gasteiger partial charge in [-0.3, -0.25) is 0 Å². The molecule has 0 aliphatic heterocycles. The Morgan fingerprint density at radius 1 is 1.10 bits per heavy atom. The van der Waals surface area contributed by atoms with Gasteiger partial charge in [0, 0.05) is 6.04 Å². The number of benzene rings is 1. The lowest BCUT2D eigenvalue weighted by molar-refractivity contribution is 0.237. The van der Waals surface area contributed by atoms with Crippen LogP contribution in [0.4, 0.5) is 4.79 Å². The second-order valence-corrected chi connectivity index (χ2v) is 6.59. The maximum absolute atomic E-state index is 11.9. The van der Waals surface area contributed by atoms with Gasteiger partial charge in [0.1, 0.15) is 5.75 Å². The fourth-order valence-electron chi connectivity index (χ4n) is 2.27. The van der Waals surface area contributed by atoms with Crippen molar-refractivity contribution in [2.24, 2.45) is 0 Å². The first-order valence-electron chi connectivity index (χ1n) is 6.60. The monoisotopic (exact) mass is 298 g/mol. The number of amides is 2. The van der Waals surface area contributed by atoms with Gasteiger partial charge in [-0.25, -0.2) is 17.9 Å². The SMILES string of the molecule is O=C(NC1CCCCC1)NS(=O)(=O)c1ccc(O)cc1. The molecule has 110 valence electrons. The lowest BCUT2D eigenvalue weighted by Gasteiger charge is -2.22. The average Bonchev–Trinajstić information content (AvgIpc) is 2.39. The molecular formula is C13H18N2O4S. The van der Waals surface area contributed by atoms with Crippen molar-refractivity contribution in [2.75, 3.05) is 0 Å². The summed E-state index contributed by atoms with van der Waals surface area (Å²) in [6.45, 7) is 0. The van der Waals surface area contributed by atoms with Crippen LogP contribution < -0.4 is 10.0 Å². The van der Waals surface area contributed by atoms with Gasteiger partial charge in [0.05, 0.1) is 4.90 Å². The van der Waals surface area contributed by atoms with E-state index in [9.17, 15) is 13.2 Å². The predicted octanol–water partition coefficient (Wildman–Crippen LogP) is 1.71. The first kappa shape index (κ1) is 14.6. The summed E-state index contributed by atoms with van der Waals surface area (Å²) in [5, 5.41) is 11.8. The van der Waals surface area contributed by atoms with Gasteiger partial charge in [-0.1, -0.05) is 19.3 Å². The summed E-state index contributed by atoms with van der Waals surface area (Å²) in [6, 6.07) is 4.34. The Morgan fingerprint density at radius 3 is 2.30 bits per heavy atom. The zero-order valence-corrected chi connectivity index (χ0v) is 11.8. The molecular weight excluding hydrogens is 280 g/mol. The summed E-state index contributed by atoms with van der Waals surface area (Å²) >= 11 is 0. The summed E-state index contributed by atoms with van der Waals surface area (Å²) in [5.41, 5.74) is 0. The minimum absolute atomic E-state index is 0.0318. The van der Waals surface area contributed by atoms with E-state index in [2.05, 4.69) is 5.32 Å². The molecule has 20 heavy (non-hydrogen) atoms. The molecule has 1 aromatic rings. The van der Waals surface area contributed by atoms with E-state index in [0.717, 1.165) is 32.1 Å². The van der Waals surface area contributed by atoms with Gasteiger partial charge in [0.25, 0.3) is 10.0 Å². The van der Waals surface area contributed by atoms with Crippen LogP contribution in [-0.4, -0.2) is 25.6 Å². The van der Waals surface area contributed by atoms with E-state index >= 15 is 0 Å². The van der Waals surface area contributed by atoms with Gasteiger partial charge in [-0.15, -0.1) is 0 Å². The van der Waals surface area contributed by atoms with Crippen LogP contribution >= 0.6 is 0 Å². The van der Waals surface area contributed by atoms with E-state index < -0.39 is 16.1 Å². The van der Waals surface area contributed by atoms with Crippen LogP contribution in [0.25, 0.3) is 0 Å². The third-order valence-electron chi connectivity index (χ3n) is 3.31. The Bertz CT molecular complexity index is 563. The van der Waals surface area contributed by atoms with E-state index in [-0.39, 0.29) is 16.7 Å². The molecule has 3 N–H and O–H groups in total. The highest BCUT2D eigenvalue weighted by molar-refractivity contribution is 7.90. The molecule has 0 spiro atoms. The summed E-state index contributed by atoms with van der Waals surface area (Å²) in [7, 11) is -3.90. The lowest BCUT2D eigenvalue weighted by atomic mass is 9.96. The van der Waals surface area contributed by atoms with Gasteiger partial charge in [0.2, 0.25) is 0 Å². The number of hydrogen-bond donors (Lipinski definition) is 3. The molecule has 6 nitrogen and oxygen atoms in total. The minimum atomic E-state index is -3.90. The van der Waals surface area contributed by atoms with E-state index in [4.69, 9.17) is 5.11 Å². The molecule has 1 aromatic carbocycles. The molecule has 0 saturated heterocycles. The molecule has 7 heteroatoms. The summed E-state index contributed by atoms with van der Waals surface area (Å²) in [5.74, 6) is -0.0318. The number of carbonyl (C=O) groups is 1. The molecule has 0 aromatic heterocycles. The minimum Gasteiger partial charge on any atom is -0.508 e. The maximum Gasteiger partial charge on any atom is 0.328 e. The largest absolute Gasteiger partial charge is 0.508 e. The molecule has 2 rings (SSSR count). The Kier molecular flexibility index (Phi) is 4.49. The van der Waals surface area contributed by atoms with E-state index in [1.165, 1.54) is 24.3 Å². The number of carbonyl (C=O) groups excluding carboxylic acids is 1. The van der Waals surface area contributed by atoms with Gasteiger partial charge in [-0.2, -0.15) is 0 Å². The third-order valence-corrected chi connectivity index (χ3v) is 4.66. The fourth-order valence-corrected chi connectivity index (χ4v) is 3.18. The molecule has 1 fully saturated rings. The number of aromatic hydroxyl groups is 1. The highest BCUT2D eigenvalue weighted by atomic mass is 32.2. The number of phenolic OH excluding ortho intramolecular Hbond substituents is 1. The molecule has 1 aliphatic rings. The number of rotatable bonds is 3. The van der Waals surface area contributed by atoms with Crippen molar-refractivity contribution >= 4 is 16.1 Å². The highest BCUT2D eigenvalue weighted by Crippen LogP contribution is 2.17. The van der Waals surface area contributed by atoms with Gasteiger partial charge in [0.15, 0.2) is 0 Å². The maximum atomic E-state index is 11.9. The van der Waals surface area contributed by atoms with Crippen molar-refractivity contribution in [3.05, 3.63) is 24.3 Å². The molecule has 0 atom stereocenters. The normalized spacial score (nSPS) is 16.6. The van der Waals surface area contributed by atoms with Crippen LogP contribution in [0.5, 0.6) is 5.75 Å². The van der Waals surface area contributed by atoms with Crippen LogP contribution in [0.1, 0.15) is 32.1 Å². The summed E-state index contributed by atoms with van der Waals surface area (Å²) in [4.78, 5) is 11.7. The highest BCUT2D eigenvalue weighted by Gasteiger charge is 2.20. The smallest absolute Gasteiger partial charge is 0.328 e. The predicted molar refractivity (Wildman–Crippen MR) is 73.8 cm³/mol. The van der Waals surface area contributed by atoms with Crippen molar-refractivity contribution in [1.82, 2.24) is 10.0 Å². The van der Waals surface area contributed by atoms with Crippen LogP contribution in [-0.2, 0) is 10.0 Å². The standard InChI is InChI=1S/C13H18N2O4S/c16-11-6-8-12(9-7-11)20(18,19)15-13(17)14-10-4-2-1-3-5-10/h6-10,16H,1-5H2,(H2,14,15,17). The van der Waals surface area contributed by atoms with E-state index in [1.807, 2.05) is 4.72 Å². The first-order valence-corrected chi connectivity index (χ1v) is 8.08. The Balaban J connectivity index is 1.97. The topological polar surface area (TPSA) is 95.5 Å². The third kappa shape index (κ3) is 3.86. The number of hydrogen-bond acceptors (Lipinski definition) is 4. The first-order chi connectivity index (χ1) is 9.47. The molecule has 1 saturated carbocycles. The van der Waals surface area contributed by atoms with Crippen LogP contribution in [0.15, 0.2) is 29.2 Å². The molecule has 1 aliphatic carbocycles.